The summed E-state index contributed by atoms with van der Waals surface area (Å²) in [4.78, 5) is 0. The molecule has 3 heteroatoms. The number of nitrogens with two attached hydrogens (primary N) is 1. The molecular formula is C12H19NO2. The molecule has 1 aromatic rings. The molecule has 0 bridgehead atoms. The van der Waals surface area contributed by atoms with Crippen molar-refractivity contribution in [3.63, 3.8) is 0 Å². The van der Waals surface area contributed by atoms with E-state index in [9.17, 15) is 0 Å². The monoisotopic (exact) mass is 209 g/mol. The lowest BCUT2D eigenvalue weighted by Crippen LogP contribution is -2.21. The molecule has 1 rings (SSSR count). The van der Waals surface area contributed by atoms with Gasteiger partial charge in [0.2, 0.25) is 0 Å². The minimum atomic E-state index is 0.0905. The molecule has 1 atom stereocenters. The Morgan fingerprint density at radius 3 is 2.47 bits per heavy atom. The van der Waals surface area contributed by atoms with Crippen molar-refractivity contribution in [3.8, 4) is 5.75 Å². The zero-order valence-corrected chi connectivity index (χ0v) is 9.40. The first-order chi connectivity index (χ1) is 7.22. The average Bonchev–Trinajstić information content (AvgIpc) is 2.20. The fourth-order valence-electron chi connectivity index (χ4n) is 1.21. The minimum Gasteiger partial charge on any atom is -0.494 e. The summed E-state index contributed by atoms with van der Waals surface area (Å²) in [6.45, 7) is 5.79. The Morgan fingerprint density at radius 2 is 1.93 bits per heavy atom. The molecule has 3 nitrogen and oxygen atoms in total. The van der Waals surface area contributed by atoms with Crippen LogP contribution in [0.1, 0.15) is 19.4 Å². The van der Waals surface area contributed by atoms with E-state index in [1.165, 1.54) is 0 Å². The van der Waals surface area contributed by atoms with Crippen molar-refractivity contribution >= 4 is 0 Å². The molecule has 0 aliphatic heterocycles. The minimum absolute atomic E-state index is 0.0905. The van der Waals surface area contributed by atoms with Crippen molar-refractivity contribution < 1.29 is 9.47 Å². The third kappa shape index (κ3) is 4.81. The zero-order valence-electron chi connectivity index (χ0n) is 9.40. The fourth-order valence-corrected chi connectivity index (χ4v) is 1.21. The smallest absolute Gasteiger partial charge is 0.119 e. The van der Waals surface area contributed by atoms with Gasteiger partial charge in [0.15, 0.2) is 0 Å². The van der Waals surface area contributed by atoms with Crippen LogP contribution in [-0.4, -0.2) is 19.3 Å². The lowest BCUT2D eigenvalue weighted by atomic mass is 10.2. The van der Waals surface area contributed by atoms with Crippen molar-refractivity contribution in [2.75, 3.05) is 13.2 Å². The molecule has 0 fully saturated rings. The van der Waals surface area contributed by atoms with Gasteiger partial charge in [-0.25, -0.2) is 0 Å². The van der Waals surface area contributed by atoms with Gasteiger partial charge in [-0.05, 0) is 31.5 Å². The van der Waals surface area contributed by atoms with Crippen LogP contribution in [-0.2, 0) is 11.3 Å². The Kier molecular flexibility index (Phi) is 5.15. The standard InChI is InChI=1S/C12H19NO2/c1-3-15-12-6-4-11(5-7-12)9-14-8-10(2)13/h4-7,10H,3,8-9,13H2,1-2H3. The van der Waals surface area contributed by atoms with E-state index in [1.807, 2.05) is 38.1 Å². The molecular weight excluding hydrogens is 190 g/mol. The Bertz CT molecular complexity index is 269. The van der Waals surface area contributed by atoms with Crippen LogP contribution >= 0.6 is 0 Å². The van der Waals surface area contributed by atoms with E-state index in [2.05, 4.69) is 0 Å². The molecule has 0 aliphatic carbocycles. The van der Waals surface area contributed by atoms with E-state index in [4.69, 9.17) is 15.2 Å². The molecule has 0 aliphatic rings. The second kappa shape index (κ2) is 6.43. The highest BCUT2D eigenvalue weighted by molar-refractivity contribution is 5.26. The van der Waals surface area contributed by atoms with E-state index in [0.717, 1.165) is 11.3 Å². The van der Waals surface area contributed by atoms with Crippen molar-refractivity contribution in [3.05, 3.63) is 29.8 Å². The first-order valence-corrected chi connectivity index (χ1v) is 5.27. The Morgan fingerprint density at radius 1 is 1.27 bits per heavy atom. The molecule has 2 N–H and O–H groups in total. The van der Waals surface area contributed by atoms with Gasteiger partial charge in [-0.1, -0.05) is 12.1 Å². The van der Waals surface area contributed by atoms with Crippen molar-refractivity contribution in [2.45, 2.75) is 26.5 Å². The van der Waals surface area contributed by atoms with E-state index < -0.39 is 0 Å². The van der Waals surface area contributed by atoms with Crippen LogP contribution in [0.3, 0.4) is 0 Å². The van der Waals surface area contributed by atoms with Crippen LogP contribution in [0.15, 0.2) is 24.3 Å². The maximum Gasteiger partial charge on any atom is 0.119 e. The Balaban J connectivity index is 2.36. The van der Waals surface area contributed by atoms with Crippen LogP contribution in [0.2, 0.25) is 0 Å². The molecule has 0 saturated heterocycles. The third-order valence-electron chi connectivity index (χ3n) is 1.88. The molecule has 1 aromatic carbocycles. The van der Waals surface area contributed by atoms with Gasteiger partial charge in [0.1, 0.15) is 5.75 Å². The van der Waals surface area contributed by atoms with Crippen LogP contribution in [0.25, 0.3) is 0 Å². The Labute approximate surface area is 91.2 Å². The first kappa shape index (κ1) is 12.0. The average molecular weight is 209 g/mol. The summed E-state index contributed by atoms with van der Waals surface area (Å²) in [5.74, 6) is 0.897. The van der Waals surface area contributed by atoms with Crippen molar-refractivity contribution in [1.82, 2.24) is 0 Å². The Hall–Kier alpha value is -1.06. The molecule has 1 unspecified atom stereocenters. The summed E-state index contributed by atoms with van der Waals surface area (Å²) < 4.78 is 10.8. The molecule has 15 heavy (non-hydrogen) atoms. The molecule has 0 aromatic heterocycles. The summed E-state index contributed by atoms with van der Waals surface area (Å²) in [6, 6.07) is 8.01. The van der Waals surface area contributed by atoms with Crippen molar-refractivity contribution in [1.29, 1.82) is 0 Å². The summed E-state index contributed by atoms with van der Waals surface area (Å²) in [5.41, 5.74) is 6.71. The lowest BCUT2D eigenvalue weighted by Gasteiger charge is -2.08. The maximum atomic E-state index is 5.58. The number of hydrogen-bond donors (Lipinski definition) is 1. The second-order valence-corrected chi connectivity index (χ2v) is 3.57. The maximum absolute atomic E-state index is 5.58. The lowest BCUT2D eigenvalue weighted by molar-refractivity contribution is 0.111. The van der Waals surface area contributed by atoms with Gasteiger partial charge >= 0.3 is 0 Å². The highest BCUT2D eigenvalue weighted by Gasteiger charge is 1.97. The van der Waals surface area contributed by atoms with Crippen LogP contribution in [0.5, 0.6) is 5.75 Å². The van der Waals surface area contributed by atoms with E-state index >= 15 is 0 Å². The zero-order chi connectivity index (χ0) is 11.1. The predicted molar refractivity (Wildman–Crippen MR) is 60.9 cm³/mol. The van der Waals surface area contributed by atoms with Gasteiger partial charge in [-0.2, -0.15) is 0 Å². The summed E-state index contributed by atoms with van der Waals surface area (Å²) >= 11 is 0. The highest BCUT2D eigenvalue weighted by Crippen LogP contribution is 2.12. The number of rotatable bonds is 6. The molecule has 0 saturated carbocycles. The number of ether oxygens (including phenoxy) is 2. The molecule has 0 heterocycles. The number of hydrogen-bond acceptors (Lipinski definition) is 3. The number of benzene rings is 1. The van der Waals surface area contributed by atoms with Crippen molar-refractivity contribution in [2.24, 2.45) is 5.73 Å². The van der Waals surface area contributed by atoms with Crippen LogP contribution in [0.4, 0.5) is 0 Å². The largest absolute Gasteiger partial charge is 0.494 e. The molecule has 0 spiro atoms. The van der Waals surface area contributed by atoms with Gasteiger partial charge in [-0.15, -0.1) is 0 Å². The van der Waals surface area contributed by atoms with Gasteiger partial charge in [0.25, 0.3) is 0 Å². The van der Waals surface area contributed by atoms with E-state index in [0.29, 0.717) is 19.8 Å². The van der Waals surface area contributed by atoms with Gasteiger partial charge in [-0.3, -0.25) is 0 Å². The quantitative estimate of drug-likeness (QED) is 0.778. The SMILES string of the molecule is CCOc1ccc(COCC(C)N)cc1. The first-order valence-electron chi connectivity index (χ1n) is 5.27. The highest BCUT2D eigenvalue weighted by atomic mass is 16.5. The van der Waals surface area contributed by atoms with E-state index in [1.54, 1.807) is 0 Å². The predicted octanol–water partition coefficient (Wildman–Crippen LogP) is 1.95. The molecule has 0 radical (unpaired) electrons. The van der Waals surface area contributed by atoms with Gasteiger partial charge in [0, 0.05) is 6.04 Å². The fraction of sp³-hybridized carbons (Fsp3) is 0.500. The molecule has 0 amide bonds. The second-order valence-electron chi connectivity index (χ2n) is 3.57. The summed E-state index contributed by atoms with van der Waals surface area (Å²) in [6.07, 6.45) is 0. The van der Waals surface area contributed by atoms with Gasteiger partial charge in [0.05, 0.1) is 19.8 Å². The van der Waals surface area contributed by atoms with Gasteiger partial charge < -0.3 is 15.2 Å². The van der Waals surface area contributed by atoms with Crippen LogP contribution < -0.4 is 10.5 Å². The summed E-state index contributed by atoms with van der Waals surface area (Å²) in [5, 5.41) is 0. The summed E-state index contributed by atoms with van der Waals surface area (Å²) in [7, 11) is 0. The van der Waals surface area contributed by atoms with E-state index in [-0.39, 0.29) is 6.04 Å². The molecule has 84 valence electrons. The normalized spacial score (nSPS) is 12.5. The third-order valence-corrected chi connectivity index (χ3v) is 1.88. The topological polar surface area (TPSA) is 44.5 Å². The van der Waals surface area contributed by atoms with Crippen LogP contribution in [0, 0.1) is 0 Å².